The molecule has 3 aliphatic heterocycles. The maximum atomic E-state index is 13.5. The van der Waals surface area contributed by atoms with Gasteiger partial charge in [-0.2, -0.15) is 9.59 Å². The highest BCUT2D eigenvalue weighted by molar-refractivity contribution is 5.79. The number of nitrogens with zero attached hydrogens (tertiary/aromatic N) is 1. The molecule has 0 saturated carbocycles. The van der Waals surface area contributed by atoms with Gasteiger partial charge < -0.3 is 29.2 Å². The molecule has 10 heteroatoms. The molecule has 3 heterocycles. The summed E-state index contributed by atoms with van der Waals surface area (Å²) in [7, 11) is 1.61. The molecule has 4 atom stereocenters. The zero-order chi connectivity index (χ0) is 28.4. The Kier molecular flexibility index (Phi) is 8.42. The van der Waals surface area contributed by atoms with E-state index in [9.17, 15) is 15.0 Å². The van der Waals surface area contributed by atoms with E-state index in [4.69, 9.17) is 28.5 Å². The second-order valence-corrected chi connectivity index (χ2v) is 11.4. The number of rotatable bonds is 8. The van der Waals surface area contributed by atoms with Crippen LogP contribution in [-0.2, 0) is 30.3 Å². The predicted octanol–water partition coefficient (Wildman–Crippen LogP) is 2.84. The van der Waals surface area contributed by atoms with Gasteiger partial charge in [-0.05, 0) is 94.7 Å². The van der Waals surface area contributed by atoms with Gasteiger partial charge in [-0.25, -0.2) is 4.79 Å². The molecule has 0 bridgehead atoms. The molecule has 1 spiro atoms. The zero-order valence-electron chi connectivity index (χ0n) is 23.2. The lowest BCUT2D eigenvalue weighted by Gasteiger charge is -2.39. The fourth-order valence-corrected chi connectivity index (χ4v) is 6.56. The zero-order valence-corrected chi connectivity index (χ0v) is 23.2. The van der Waals surface area contributed by atoms with Crippen molar-refractivity contribution in [3.05, 3.63) is 35.1 Å². The number of ether oxygens (including phenoxy) is 4. The van der Waals surface area contributed by atoms with E-state index >= 15 is 0 Å². The summed E-state index contributed by atoms with van der Waals surface area (Å²) in [5, 5.41) is 21.4. The first-order chi connectivity index (χ1) is 18.5. The highest BCUT2D eigenvalue weighted by Crippen LogP contribution is 2.55. The van der Waals surface area contributed by atoms with E-state index in [0.29, 0.717) is 24.4 Å². The minimum Gasteiger partial charge on any atom is -0.497 e. The molecule has 1 fully saturated rings. The van der Waals surface area contributed by atoms with Gasteiger partial charge in [-0.3, -0.25) is 4.90 Å². The molecular formula is C29H39NO9. The molecule has 10 nitrogen and oxygen atoms in total. The Morgan fingerprint density at radius 1 is 1.18 bits per heavy atom. The van der Waals surface area contributed by atoms with Crippen molar-refractivity contribution in [2.75, 3.05) is 27.0 Å². The van der Waals surface area contributed by atoms with Gasteiger partial charge in [0.2, 0.25) is 6.79 Å². The van der Waals surface area contributed by atoms with Crippen LogP contribution in [0, 0.1) is 0 Å². The van der Waals surface area contributed by atoms with E-state index < -0.39 is 23.3 Å². The average Bonchev–Trinajstić information content (AvgIpc) is 3.57. The Morgan fingerprint density at radius 3 is 2.51 bits per heavy atom. The first kappa shape index (κ1) is 29.1. The predicted molar refractivity (Wildman–Crippen MR) is 138 cm³/mol. The minimum absolute atomic E-state index is 0.177. The Labute approximate surface area is 228 Å². The summed E-state index contributed by atoms with van der Waals surface area (Å²) in [4.78, 5) is 32.3. The Morgan fingerprint density at radius 2 is 1.87 bits per heavy atom. The van der Waals surface area contributed by atoms with Crippen LogP contribution in [0.2, 0.25) is 0 Å². The van der Waals surface area contributed by atoms with Crippen molar-refractivity contribution in [2.24, 2.45) is 0 Å². The SMILES string of the molecule is CC[C@](O)(CCCC(C)(C)O)C(=O)O[C@@H]1C(OC)=C[C@]23CCCN2CCc2cc4c(cc2[C@H]13)OCO4.O=C=O. The Hall–Kier alpha value is -2.91. The van der Waals surface area contributed by atoms with E-state index in [2.05, 4.69) is 23.1 Å². The highest BCUT2D eigenvalue weighted by Gasteiger charge is 2.58. The highest BCUT2D eigenvalue weighted by atomic mass is 16.7. The number of aliphatic hydroxyl groups is 2. The lowest BCUT2D eigenvalue weighted by molar-refractivity contribution is -0.191. The molecule has 0 radical (unpaired) electrons. The Bertz CT molecular complexity index is 1140. The van der Waals surface area contributed by atoms with Crippen LogP contribution in [0.3, 0.4) is 0 Å². The molecule has 0 unspecified atom stereocenters. The summed E-state index contributed by atoms with van der Waals surface area (Å²) in [6.45, 7) is 7.32. The van der Waals surface area contributed by atoms with Crippen LogP contribution in [0.5, 0.6) is 11.5 Å². The number of carbonyl (C=O) groups is 1. The molecule has 1 aromatic rings. The number of fused-ring (bicyclic) bond motifs is 3. The van der Waals surface area contributed by atoms with Crippen LogP contribution in [0.25, 0.3) is 0 Å². The molecule has 2 N–H and O–H groups in total. The van der Waals surface area contributed by atoms with Crippen LogP contribution < -0.4 is 9.47 Å². The average molecular weight is 546 g/mol. The van der Waals surface area contributed by atoms with Gasteiger partial charge in [0, 0.05) is 6.54 Å². The summed E-state index contributed by atoms with van der Waals surface area (Å²) in [5.41, 5.74) is -0.546. The molecule has 4 aliphatic rings. The molecule has 5 rings (SSSR count). The maximum Gasteiger partial charge on any atom is 0.373 e. The van der Waals surface area contributed by atoms with Gasteiger partial charge in [0.25, 0.3) is 0 Å². The third-order valence-electron chi connectivity index (χ3n) is 8.54. The summed E-state index contributed by atoms with van der Waals surface area (Å²) >= 11 is 0. The van der Waals surface area contributed by atoms with Gasteiger partial charge in [-0.15, -0.1) is 0 Å². The van der Waals surface area contributed by atoms with Gasteiger partial charge in [0.15, 0.2) is 23.2 Å². The van der Waals surface area contributed by atoms with Crippen molar-refractivity contribution in [1.82, 2.24) is 4.90 Å². The molecule has 0 amide bonds. The standard InChI is InChI=1S/C28H39NO7.CO2/c1-5-28(32,11-6-9-26(2,3)31)25(30)36-24-22(33-4)16-27-10-7-12-29(27)13-8-18-14-20-21(35-17-34-20)15-19(18)23(24)27;2-1-3/h14-16,23-24,31-32H,5-13,17H2,1-4H3;/t23-,24-,27+,28+;/m1./s1. The lowest BCUT2D eigenvalue weighted by Crippen LogP contribution is -2.49. The maximum absolute atomic E-state index is 13.5. The van der Waals surface area contributed by atoms with E-state index in [1.807, 2.05) is 0 Å². The monoisotopic (exact) mass is 545 g/mol. The van der Waals surface area contributed by atoms with Gasteiger partial charge in [-0.1, -0.05) is 6.92 Å². The summed E-state index contributed by atoms with van der Waals surface area (Å²) < 4.78 is 23.4. The fourth-order valence-electron chi connectivity index (χ4n) is 6.56. The first-order valence-corrected chi connectivity index (χ1v) is 13.6. The van der Waals surface area contributed by atoms with Crippen molar-refractivity contribution in [2.45, 2.75) is 94.5 Å². The smallest absolute Gasteiger partial charge is 0.373 e. The van der Waals surface area contributed by atoms with Crippen LogP contribution in [0.15, 0.2) is 24.0 Å². The molecule has 214 valence electrons. The summed E-state index contributed by atoms with van der Waals surface area (Å²) in [6, 6.07) is 4.12. The third kappa shape index (κ3) is 5.57. The van der Waals surface area contributed by atoms with Gasteiger partial charge >= 0.3 is 12.1 Å². The lowest BCUT2D eigenvalue weighted by atomic mass is 9.77. The second-order valence-electron chi connectivity index (χ2n) is 11.4. The Balaban J connectivity index is 0.00000112. The molecular weight excluding hydrogens is 506 g/mol. The number of methoxy groups -OCH3 is 1. The van der Waals surface area contributed by atoms with Crippen LogP contribution in [0.1, 0.15) is 76.3 Å². The quantitative estimate of drug-likeness (QED) is 0.470. The van der Waals surface area contributed by atoms with E-state index in [0.717, 1.165) is 43.7 Å². The van der Waals surface area contributed by atoms with Crippen molar-refractivity contribution in [3.63, 3.8) is 0 Å². The molecule has 39 heavy (non-hydrogen) atoms. The van der Waals surface area contributed by atoms with Crippen LogP contribution >= 0.6 is 0 Å². The molecule has 0 aromatic heterocycles. The van der Waals surface area contributed by atoms with E-state index in [1.165, 1.54) is 5.56 Å². The fraction of sp³-hybridized carbons (Fsp3) is 0.655. The number of esters is 1. The molecule has 1 aliphatic carbocycles. The molecule has 1 saturated heterocycles. The molecule has 1 aromatic carbocycles. The van der Waals surface area contributed by atoms with Crippen molar-refractivity contribution < 1.29 is 43.5 Å². The van der Waals surface area contributed by atoms with Crippen LogP contribution in [0.4, 0.5) is 0 Å². The van der Waals surface area contributed by atoms with Crippen molar-refractivity contribution in [3.8, 4) is 11.5 Å². The summed E-state index contributed by atoms with van der Waals surface area (Å²) in [6.07, 6.45) is 6.06. The van der Waals surface area contributed by atoms with Crippen molar-refractivity contribution in [1.29, 1.82) is 0 Å². The van der Waals surface area contributed by atoms with Gasteiger partial charge in [0.05, 0.1) is 24.2 Å². The van der Waals surface area contributed by atoms with E-state index in [-0.39, 0.29) is 37.2 Å². The van der Waals surface area contributed by atoms with Gasteiger partial charge in [0.1, 0.15) is 5.76 Å². The topological polar surface area (TPSA) is 132 Å². The third-order valence-corrected chi connectivity index (χ3v) is 8.54. The normalized spacial score (nSPS) is 26.5. The number of carbonyl (C=O) groups excluding carboxylic acids is 3. The van der Waals surface area contributed by atoms with Crippen molar-refractivity contribution >= 4 is 12.1 Å². The minimum atomic E-state index is -1.63. The first-order valence-electron chi connectivity index (χ1n) is 13.6. The largest absolute Gasteiger partial charge is 0.497 e. The number of hydrogen-bond acceptors (Lipinski definition) is 10. The van der Waals surface area contributed by atoms with E-state index in [1.54, 1.807) is 27.9 Å². The number of hydrogen-bond donors (Lipinski definition) is 2. The summed E-state index contributed by atoms with van der Waals surface area (Å²) in [5.74, 6) is 1.28. The number of benzene rings is 1. The second kappa shape index (κ2) is 11.3. The van der Waals surface area contributed by atoms with Crippen LogP contribution in [-0.4, -0.2) is 77.1 Å².